The van der Waals surface area contributed by atoms with E-state index >= 15 is 0 Å². The molecule has 0 radical (unpaired) electrons. The Morgan fingerprint density at radius 1 is 1.39 bits per heavy atom. The van der Waals surface area contributed by atoms with Crippen LogP contribution in [0.4, 0.5) is 5.95 Å². The number of aromatic nitrogens is 4. The molecule has 1 aliphatic rings. The fourth-order valence-corrected chi connectivity index (χ4v) is 2.18. The number of rotatable bonds is 2. The summed E-state index contributed by atoms with van der Waals surface area (Å²) in [4.78, 5) is 21.3. The number of hydrogen-bond donors (Lipinski definition) is 1. The van der Waals surface area contributed by atoms with E-state index in [-0.39, 0.29) is 5.92 Å². The number of piperidine rings is 1. The van der Waals surface area contributed by atoms with Crippen molar-refractivity contribution in [3.63, 3.8) is 0 Å². The van der Waals surface area contributed by atoms with Crippen LogP contribution in [-0.2, 0) is 4.79 Å². The Bertz CT molecular complexity index is 541. The normalized spacial score (nSPS) is 17.2. The first-order chi connectivity index (χ1) is 8.74. The quantitative estimate of drug-likeness (QED) is 0.828. The Kier molecular flexibility index (Phi) is 2.58. The number of nitrogens with zero attached hydrogens (tertiary/aromatic N) is 5. The summed E-state index contributed by atoms with van der Waals surface area (Å²) in [5.74, 6) is 0.237. The molecule has 0 aliphatic carbocycles. The maximum Gasteiger partial charge on any atom is 0.306 e. The van der Waals surface area contributed by atoms with Crippen molar-refractivity contribution in [1.29, 1.82) is 0 Å². The lowest BCUT2D eigenvalue weighted by atomic mass is 9.97. The molecular formula is C11H13N5O2. The molecule has 7 nitrogen and oxygen atoms in total. The van der Waals surface area contributed by atoms with Crippen LogP contribution in [0.2, 0.25) is 0 Å². The molecule has 2 aromatic rings. The Morgan fingerprint density at radius 2 is 2.17 bits per heavy atom. The standard InChI is InChI=1S/C11H13N5O2/c17-9(18)8-2-6-15(7-3-8)11-13-10-12-4-1-5-16(10)14-11/h1,4-5,8H,2-3,6-7H2,(H,17,18). The lowest BCUT2D eigenvalue weighted by molar-refractivity contribution is -0.142. The third-order valence-corrected chi connectivity index (χ3v) is 3.23. The molecule has 3 heterocycles. The first kappa shape index (κ1) is 10.9. The van der Waals surface area contributed by atoms with Crippen LogP contribution in [0.5, 0.6) is 0 Å². The van der Waals surface area contributed by atoms with Crippen LogP contribution in [0, 0.1) is 5.92 Å². The van der Waals surface area contributed by atoms with Gasteiger partial charge in [-0.05, 0) is 18.9 Å². The van der Waals surface area contributed by atoms with Crippen LogP contribution < -0.4 is 4.90 Å². The summed E-state index contributed by atoms with van der Waals surface area (Å²) in [6.45, 7) is 1.35. The number of carbonyl (C=O) groups is 1. The topological polar surface area (TPSA) is 83.6 Å². The van der Waals surface area contributed by atoms with Gasteiger partial charge in [-0.3, -0.25) is 4.79 Å². The molecule has 18 heavy (non-hydrogen) atoms. The van der Waals surface area contributed by atoms with Crippen LogP contribution in [0.3, 0.4) is 0 Å². The third-order valence-electron chi connectivity index (χ3n) is 3.23. The fraction of sp³-hybridized carbons (Fsp3) is 0.455. The zero-order valence-electron chi connectivity index (χ0n) is 9.73. The highest BCUT2D eigenvalue weighted by atomic mass is 16.4. The highest BCUT2D eigenvalue weighted by Crippen LogP contribution is 2.20. The Balaban J connectivity index is 1.78. The summed E-state index contributed by atoms with van der Waals surface area (Å²) >= 11 is 0. The van der Waals surface area contributed by atoms with Gasteiger partial charge in [-0.15, -0.1) is 5.10 Å². The van der Waals surface area contributed by atoms with E-state index in [1.54, 1.807) is 23.0 Å². The molecule has 1 N–H and O–H groups in total. The van der Waals surface area contributed by atoms with E-state index < -0.39 is 5.97 Å². The van der Waals surface area contributed by atoms with E-state index in [4.69, 9.17) is 5.11 Å². The summed E-state index contributed by atoms with van der Waals surface area (Å²) < 4.78 is 1.62. The van der Waals surface area contributed by atoms with E-state index in [1.165, 1.54) is 0 Å². The minimum atomic E-state index is -0.709. The van der Waals surface area contributed by atoms with Crippen LogP contribution >= 0.6 is 0 Å². The van der Waals surface area contributed by atoms with Crippen LogP contribution in [0.25, 0.3) is 5.78 Å². The van der Waals surface area contributed by atoms with E-state index in [1.807, 2.05) is 4.90 Å². The van der Waals surface area contributed by atoms with E-state index in [0.29, 0.717) is 37.7 Å². The molecule has 0 unspecified atom stereocenters. The lowest BCUT2D eigenvalue weighted by Gasteiger charge is -2.28. The number of carboxylic acids is 1. The maximum atomic E-state index is 10.9. The molecule has 1 saturated heterocycles. The molecule has 0 aromatic carbocycles. The van der Waals surface area contributed by atoms with Gasteiger partial charge in [-0.1, -0.05) is 0 Å². The molecule has 0 saturated carbocycles. The molecule has 1 aliphatic heterocycles. The smallest absolute Gasteiger partial charge is 0.306 e. The molecule has 1 fully saturated rings. The number of carboxylic acid groups (broad SMARTS) is 1. The second-order valence-corrected chi connectivity index (χ2v) is 4.38. The molecule has 2 aromatic heterocycles. The minimum absolute atomic E-state index is 0.239. The Morgan fingerprint density at radius 3 is 2.83 bits per heavy atom. The molecular weight excluding hydrogens is 234 g/mol. The fourth-order valence-electron chi connectivity index (χ4n) is 2.18. The minimum Gasteiger partial charge on any atom is -0.481 e. The highest BCUT2D eigenvalue weighted by molar-refractivity contribution is 5.70. The van der Waals surface area contributed by atoms with Gasteiger partial charge in [0.25, 0.3) is 5.78 Å². The van der Waals surface area contributed by atoms with Crippen molar-refractivity contribution in [1.82, 2.24) is 19.6 Å². The van der Waals surface area contributed by atoms with Gasteiger partial charge in [-0.2, -0.15) is 4.98 Å². The van der Waals surface area contributed by atoms with Crippen molar-refractivity contribution in [2.45, 2.75) is 12.8 Å². The average molecular weight is 247 g/mol. The van der Waals surface area contributed by atoms with E-state index in [9.17, 15) is 4.79 Å². The Labute approximate surface area is 103 Å². The zero-order chi connectivity index (χ0) is 12.5. The Hall–Kier alpha value is -2.18. The van der Waals surface area contributed by atoms with Gasteiger partial charge in [0.1, 0.15) is 0 Å². The number of anilines is 1. The molecule has 0 amide bonds. The summed E-state index contributed by atoms with van der Waals surface area (Å²) in [6, 6.07) is 1.79. The summed E-state index contributed by atoms with van der Waals surface area (Å²) in [7, 11) is 0. The molecule has 0 bridgehead atoms. The monoisotopic (exact) mass is 247 g/mol. The van der Waals surface area contributed by atoms with Gasteiger partial charge in [0.15, 0.2) is 0 Å². The summed E-state index contributed by atoms with van der Waals surface area (Å²) in [5, 5.41) is 13.3. The molecule has 0 atom stereocenters. The maximum absolute atomic E-state index is 10.9. The van der Waals surface area contributed by atoms with Crippen molar-refractivity contribution in [3.05, 3.63) is 18.5 Å². The lowest BCUT2D eigenvalue weighted by Crippen LogP contribution is -2.36. The number of aliphatic carboxylic acids is 1. The van der Waals surface area contributed by atoms with Crippen molar-refractivity contribution in [2.75, 3.05) is 18.0 Å². The highest BCUT2D eigenvalue weighted by Gasteiger charge is 2.26. The van der Waals surface area contributed by atoms with Gasteiger partial charge >= 0.3 is 5.97 Å². The summed E-state index contributed by atoms with van der Waals surface area (Å²) in [6.07, 6.45) is 4.74. The van der Waals surface area contributed by atoms with E-state index in [0.717, 1.165) is 0 Å². The third kappa shape index (κ3) is 1.87. The first-order valence-electron chi connectivity index (χ1n) is 5.89. The average Bonchev–Trinajstić information content (AvgIpc) is 2.82. The molecule has 3 rings (SSSR count). The van der Waals surface area contributed by atoms with E-state index in [2.05, 4.69) is 15.1 Å². The second-order valence-electron chi connectivity index (χ2n) is 4.38. The number of hydrogen-bond acceptors (Lipinski definition) is 5. The summed E-state index contributed by atoms with van der Waals surface area (Å²) in [5.41, 5.74) is 0. The van der Waals surface area contributed by atoms with Crippen LogP contribution in [0.1, 0.15) is 12.8 Å². The SMILES string of the molecule is O=C(O)C1CCN(c2nc3ncccn3n2)CC1. The van der Waals surface area contributed by atoms with Crippen LogP contribution in [0.15, 0.2) is 18.5 Å². The van der Waals surface area contributed by atoms with Gasteiger partial charge < -0.3 is 10.0 Å². The van der Waals surface area contributed by atoms with Gasteiger partial charge in [0, 0.05) is 25.5 Å². The number of fused-ring (bicyclic) bond motifs is 1. The van der Waals surface area contributed by atoms with Crippen molar-refractivity contribution < 1.29 is 9.90 Å². The van der Waals surface area contributed by atoms with Crippen molar-refractivity contribution >= 4 is 17.7 Å². The molecule has 0 spiro atoms. The van der Waals surface area contributed by atoms with Gasteiger partial charge in [-0.25, -0.2) is 9.50 Å². The zero-order valence-corrected chi connectivity index (χ0v) is 9.73. The van der Waals surface area contributed by atoms with Crippen LogP contribution in [-0.4, -0.2) is 43.7 Å². The van der Waals surface area contributed by atoms with Gasteiger partial charge in [0.2, 0.25) is 5.95 Å². The second kappa shape index (κ2) is 4.25. The largest absolute Gasteiger partial charge is 0.481 e. The van der Waals surface area contributed by atoms with Crippen molar-refractivity contribution in [3.8, 4) is 0 Å². The predicted molar refractivity (Wildman–Crippen MR) is 63.4 cm³/mol. The predicted octanol–water partition coefficient (Wildman–Crippen LogP) is 0.425. The van der Waals surface area contributed by atoms with Gasteiger partial charge in [0.05, 0.1) is 5.92 Å². The molecule has 7 heteroatoms. The van der Waals surface area contributed by atoms with Crippen molar-refractivity contribution in [2.24, 2.45) is 5.92 Å². The first-order valence-corrected chi connectivity index (χ1v) is 5.89. The molecule has 94 valence electrons.